The van der Waals surface area contributed by atoms with Gasteiger partial charge in [-0.05, 0) is 68.6 Å². The highest BCUT2D eigenvalue weighted by Crippen LogP contribution is 2.37. The van der Waals surface area contributed by atoms with E-state index in [1.54, 1.807) is 6.07 Å². The van der Waals surface area contributed by atoms with E-state index < -0.39 is 0 Å². The molecule has 0 amide bonds. The van der Waals surface area contributed by atoms with Gasteiger partial charge in [-0.3, -0.25) is 9.58 Å². The Labute approximate surface area is 167 Å². The average molecular weight is 386 g/mol. The molecule has 5 heteroatoms. The average Bonchev–Trinajstić information content (AvgIpc) is 3.42. The molecular weight excluding hydrogens is 353 g/mol. The lowest BCUT2D eigenvalue weighted by Crippen LogP contribution is -2.55. The molecule has 1 saturated carbocycles. The lowest BCUT2D eigenvalue weighted by molar-refractivity contribution is -0.0674. The maximum absolute atomic E-state index is 13.7. The van der Waals surface area contributed by atoms with Crippen molar-refractivity contribution in [2.75, 3.05) is 13.2 Å². The Hall–Kier alpha value is -1.46. The molecule has 0 unspecified atom stereocenters. The third kappa shape index (κ3) is 3.97. The summed E-state index contributed by atoms with van der Waals surface area (Å²) in [6.07, 6.45) is 11.4. The van der Waals surface area contributed by atoms with Crippen LogP contribution in [-0.4, -0.2) is 46.0 Å². The van der Waals surface area contributed by atoms with Gasteiger partial charge in [0, 0.05) is 37.2 Å². The molecule has 2 bridgehead atoms. The zero-order valence-electron chi connectivity index (χ0n) is 16.9. The molecule has 152 valence electrons. The van der Waals surface area contributed by atoms with Crippen LogP contribution in [0.3, 0.4) is 0 Å². The largest absolute Gasteiger partial charge is 0.378 e. The van der Waals surface area contributed by atoms with Crippen molar-refractivity contribution in [2.24, 2.45) is 11.8 Å². The summed E-state index contributed by atoms with van der Waals surface area (Å²) in [5, 5.41) is 5.52. The second kappa shape index (κ2) is 7.75. The Balaban J connectivity index is 1.21. The minimum atomic E-state index is -0.190. The molecule has 0 radical (unpaired) electrons. The number of rotatable bonds is 7. The molecule has 4 atom stereocenters. The van der Waals surface area contributed by atoms with E-state index in [0.29, 0.717) is 24.1 Å². The number of fused-ring (bicyclic) bond motifs is 3. The predicted octanol–water partition coefficient (Wildman–Crippen LogP) is 4.62. The quantitative estimate of drug-likeness (QED) is 0.696. The lowest BCUT2D eigenvalue weighted by atomic mass is 9.82. The fourth-order valence-electron chi connectivity index (χ4n) is 5.32. The van der Waals surface area contributed by atoms with Gasteiger partial charge in [0.25, 0.3) is 0 Å². The zero-order valence-corrected chi connectivity index (χ0v) is 16.9. The Bertz CT molecular complexity index is 803. The highest BCUT2D eigenvalue weighted by molar-refractivity contribution is 5.78. The smallest absolute Gasteiger partial charge is 0.125 e. The summed E-state index contributed by atoms with van der Waals surface area (Å²) in [6.45, 7) is 5.23. The van der Waals surface area contributed by atoms with Crippen molar-refractivity contribution in [1.29, 1.82) is 0 Å². The van der Waals surface area contributed by atoms with Gasteiger partial charge in [0.05, 0.1) is 17.8 Å². The number of halogens is 1. The third-order valence-electron chi connectivity index (χ3n) is 6.96. The van der Waals surface area contributed by atoms with Crippen LogP contribution in [0.1, 0.15) is 51.9 Å². The predicted molar refractivity (Wildman–Crippen MR) is 109 cm³/mol. The maximum Gasteiger partial charge on any atom is 0.125 e. The van der Waals surface area contributed by atoms with Crippen LogP contribution in [0.2, 0.25) is 0 Å². The number of ether oxygens (including phenoxy) is 1. The number of hydrogen-bond acceptors (Lipinski definition) is 3. The summed E-state index contributed by atoms with van der Waals surface area (Å²) in [5.74, 6) is 1.15. The molecule has 2 aromatic rings. The summed E-state index contributed by atoms with van der Waals surface area (Å²) in [4.78, 5) is 2.76. The number of benzene rings is 1. The Morgan fingerprint density at radius 3 is 2.68 bits per heavy atom. The van der Waals surface area contributed by atoms with Crippen LogP contribution in [0.5, 0.6) is 0 Å². The van der Waals surface area contributed by atoms with Crippen molar-refractivity contribution in [3.8, 4) is 0 Å². The second-order valence-corrected chi connectivity index (χ2v) is 9.44. The van der Waals surface area contributed by atoms with Crippen molar-refractivity contribution in [2.45, 2.75) is 76.6 Å². The topological polar surface area (TPSA) is 30.3 Å². The van der Waals surface area contributed by atoms with Gasteiger partial charge in [0.2, 0.25) is 0 Å². The molecule has 0 spiro atoms. The van der Waals surface area contributed by atoms with Crippen molar-refractivity contribution in [1.82, 2.24) is 14.7 Å². The first-order chi connectivity index (χ1) is 13.7. The molecule has 5 rings (SSSR count). The molecule has 3 fully saturated rings. The van der Waals surface area contributed by atoms with E-state index >= 15 is 0 Å². The van der Waals surface area contributed by atoms with Crippen LogP contribution < -0.4 is 0 Å². The van der Waals surface area contributed by atoms with E-state index in [1.165, 1.54) is 51.0 Å². The van der Waals surface area contributed by atoms with Gasteiger partial charge in [-0.1, -0.05) is 13.3 Å². The first kappa shape index (κ1) is 18.6. The van der Waals surface area contributed by atoms with Crippen molar-refractivity contribution in [3.05, 3.63) is 30.2 Å². The first-order valence-corrected chi connectivity index (χ1v) is 11.1. The minimum absolute atomic E-state index is 0.190. The van der Waals surface area contributed by atoms with Gasteiger partial charge in [-0.25, -0.2) is 4.39 Å². The third-order valence-corrected chi connectivity index (χ3v) is 6.96. The van der Waals surface area contributed by atoms with Crippen LogP contribution in [0.25, 0.3) is 10.9 Å². The highest BCUT2D eigenvalue weighted by Gasteiger charge is 2.39. The van der Waals surface area contributed by atoms with Gasteiger partial charge in [-0.2, -0.15) is 5.10 Å². The summed E-state index contributed by atoms with van der Waals surface area (Å²) < 4.78 is 21.9. The van der Waals surface area contributed by atoms with E-state index in [4.69, 9.17) is 4.74 Å². The van der Waals surface area contributed by atoms with Crippen molar-refractivity contribution in [3.63, 3.8) is 0 Å². The van der Waals surface area contributed by atoms with Crippen LogP contribution in [0, 0.1) is 17.7 Å². The molecule has 1 aromatic heterocycles. The molecule has 1 aromatic carbocycles. The fourth-order valence-corrected chi connectivity index (χ4v) is 5.32. The first-order valence-electron chi connectivity index (χ1n) is 11.1. The molecule has 4 nitrogen and oxygen atoms in total. The fraction of sp³-hybridized carbons (Fsp3) is 0.696. The number of hydrogen-bond donors (Lipinski definition) is 0. The van der Waals surface area contributed by atoms with Crippen molar-refractivity contribution >= 4 is 10.9 Å². The van der Waals surface area contributed by atoms with E-state index in [2.05, 4.69) is 16.9 Å². The van der Waals surface area contributed by atoms with Crippen LogP contribution in [0.15, 0.2) is 24.4 Å². The molecular formula is C23H32FN3O. The summed E-state index contributed by atoms with van der Waals surface area (Å²) >= 11 is 0. The summed E-state index contributed by atoms with van der Waals surface area (Å²) in [7, 11) is 0. The second-order valence-electron chi connectivity index (χ2n) is 9.44. The number of piperidine rings is 2. The van der Waals surface area contributed by atoms with E-state index in [9.17, 15) is 4.39 Å². The van der Waals surface area contributed by atoms with Gasteiger partial charge in [0.1, 0.15) is 5.82 Å². The van der Waals surface area contributed by atoms with Gasteiger partial charge >= 0.3 is 0 Å². The molecule has 3 aliphatic rings. The summed E-state index contributed by atoms with van der Waals surface area (Å²) in [6, 6.07) is 6.27. The number of aromatic nitrogens is 2. The zero-order chi connectivity index (χ0) is 19.1. The Kier molecular flexibility index (Phi) is 5.14. The maximum atomic E-state index is 13.7. The number of nitrogens with zero attached hydrogens (tertiary/aromatic N) is 3. The molecule has 1 aliphatic carbocycles. The molecule has 28 heavy (non-hydrogen) atoms. The van der Waals surface area contributed by atoms with Gasteiger partial charge in [-0.15, -0.1) is 0 Å². The molecule has 0 N–H and O–H groups in total. The van der Waals surface area contributed by atoms with Gasteiger partial charge in [0.15, 0.2) is 0 Å². The molecule has 2 aliphatic heterocycles. The van der Waals surface area contributed by atoms with E-state index in [0.717, 1.165) is 36.5 Å². The van der Waals surface area contributed by atoms with Crippen LogP contribution >= 0.6 is 0 Å². The van der Waals surface area contributed by atoms with E-state index in [1.807, 2.05) is 16.9 Å². The lowest BCUT2D eigenvalue weighted by Gasteiger charge is -2.49. The highest BCUT2D eigenvalue weighted by atomic mass is 19.1. The summed E-state index contributed by atoms with van der Waals surface area (Å²) in [5.41, 5.74) is 0.902. The molecule has 3 heterocycles. The van der Waals surface area contributed by atoms with Gasteiger partial charge < -0.3 is 4.74 Å². The molecule has 2 saturated heterocycles. The standard InChI is InChI=1S/C23H32FN3O/c1-16(14-27-23-9-19(24)8-7-18(23)12-25-27)13-26-20-3-2-4-21(26)11-22(10-20)28-15-17-5-6-17/h7-9,12,16-17,20-22H,2-6,10-11,13-15H2,1H3/t16-,20-,21+,22+/m1/s1. The van der Waals surface area contributed by atoms with Crippen LogP contribution in [0.4, 0.5) is 4.39 Å². The monoisotopic (exact) mass is 385 g/mol. The Morgan fingerprint density at radius 2 is 1.93 bits per heavy atom. The SMILES string of the molecule is C[C@H](CN1[C@@H]2CCC[C@H]1C[C@@H](OCC1CC1)C2)Cn1ncc2ccc(F)cc21. The van der Waals surface area contributed by atoms with E-state index in [-0.39, 0.29) is 5.82 Å². The Morgan fingerprint density at radius 1 is 1.14 bits per heavy atom. The van der Waals surface area contributed by atoms with Crippen LogP contribution in [-0.2, 0) is 11.3 Å². The minimum Gasteiger partial charge on any atom is -0.378 e. The van der Waals surface area contributed by atoms with Crippen molar-refractivity contribution < 1.29 is 9.13 Å². The normalized spacial score (nSPS) is 29.3.